The van der Waals surface area contributed by atoms with Gasteiger partial charge in [-0.3, -0.25) is 14.4 Å². The Hall–Kier alpha value is -2.89. The Balaban J connectivity index is 4.39. The molecule has 0 amide bonds. The summed E-state index contributed by atoms with van der Waals surface area (Å²) in [7, 11) is 0. The minimum absolute atomic E-state index is 0.0846. The number of hydrogen-bond acceptors (Lipinski definition) is 6. The topological polar surface area (TPSA) is 78.9 Å². The molecule has 1 atom stereocenters. The van der Waals surface area contributed by atoms with E-state index in [4.69, 9.17) is 14.2 Å². The van der Waals surface area contributed by atoms with Crippen LogP contribution in [0.3, 0.4) is 0 Å². The number of hydrogen-bond donors (Lipinski definition) is 0. The van der Waals surface area contributed by atoms with Gasteiger partial charge in [-0.1, -0.05) is 204 Å². The molecule has 0 aliphatic heterocycles. The van der Waals surface area contributed by atoms with Gasteiger partial charge in [0.1, 0.15) is 13.2 Å². The van der Waals surface area contributed by atoms with Gasteiger partial charge in [0, 0.05) is 19.3 Å². The molecule has 0 aromatic carbocycles. The summed E-state index contributed by atoms with van der Waals surface area (Å²) in [6, 6.07) is 0. The second kappa shape index (κ2) is 51.7. The predicted molar refractivity (Wildman–Crippen MR) is 270 cm³/mol. The molecular formula is C57H100O6. The summed E-state index contributed by atoms with van der Waals surface area (Å²) in [6.45, 7) is 6.49. The first-order valence-electron chi connectivity index (χ1n) is 26.8. The van der Waals surface area contributed by atoms with Crippen LogP contribution in [0.25, 0.3) is 0 Å². The van der Waals surface area contributed by atoms with Crippen LogP contribution in [-0.4, -0.2) is 37.2 Å². The van der Waals surface area contributed by atoms with Crippen LogP contribution in [0, 0.1) is 0 Å². The molecule has 6 heteroatoms. The summed E-state index contributed by atoms with van der Waals surface area (Å²) in [5, 5.41) is 0. The zero-order valence-electron chi connectivity index (χ0n) is 41.6. The van der Waals surface area contributed by atoms with Crippen molar-refractivity contribution >= 4 is 17.9 Å². The van der Waals surface area contributed by atoms with Crippen LogP contribution in [0.15, 0.2) is 60.8 Å². The van der Waals surface area contributed by atoms with Crippen LogP contribution < -0.4 is 0 Å². The Morgan fingerprint density at radius 1 is 0.333 bits per heavy atom. The van der Waals surface area contributed by atoms with Crippen molar-refractivity contribution in [1.29, 1.82) is 0 Å². The molecule has 0 heterocycles. The fourth-order valence-electron chi connectivity index (χ4n) is 7.45. The van der Waals surface area contributed by atoms with Crippen molar-refractivity contribution in [2.24, 2.45) is 0 Å². The molecule has 0 radical (unpaired) electrons. The Labute approximate surface area is 390 Å². The Bertz CT molecular complexity index is 1150. The van der Waals surface area contributed by atoms with E-state index in [0.29, 0.717) is 19.3 Å². The monoisotopic (exact) mass is 881 g/mol. The molecule has 6 nitrogen and oxygen atoms in total. The van der Waals surface area contributed by atoms with Gasteiger partial charge >= 0.3 is 17.9 Å². The molecule has 1 unspecified atom stereocenters. The molecule has 0 aliphatic carbocycles. The molecule has 0 rings (SSSR count). The summed E-state index contributed by atoms with van der Waals surface area (Å²) in [4.78, 5) is 38.0. The SMILES string of the molecule is CC/C=C\C/C=C\C/C=C\CCCCCCCCCC(=O)OCC(COC(=O)CCCCCCC/C=C\CCCCC)OC(=O)CCCCCCC/C=C\CCCCCCCCC. The number of rotatable bonds is 48. The summed E-state index contributed by atoms with van der Waals surface area (Å²) in [6.07, 6.45) is 63.4. The molecule has 0 spiro atoms. The average Bonchev–Trinajstić information content (AvgIpc) is 3.28. The van der Waals surface area contributed by atoms with Crippen LogP contribution in [-0.2, 0) is 28.6 Å². The van der Waals surface area contributed by atoms with Crippen molar-refractivity contribution in [2.45, 2.75) is 271 Å². The van der Waals surface area contributed by atoms with Crippen molar-refractivity contribution in [3.8, 4) is 0 Å². The normalized spacial score (nSPS) is 12.5. The van der Waals surface area contributed by atoms with Gasteiger partial charge in [0.25, 0.3) is 0 Å². The number of carbonyl (C=O) groups excluding carboxylic acids is 3. The highest BCUT2D eigenvalue weighted by molar-refractivity contribution is 5.71. The third-order valence-electron chi connectivity index (χ3n) is 11.5. The van der Waals surface area contributed by atoms with E-state index in [0.717, 1.165) is 103 Å². The van der Waals surface area contributed by atoms with E-state index in [2.05, 4.69) is 81.5 Å². The zero-order chi connectivity index (χ0) is 45.8. The van der Waals surface area contributed by atoms with E-state index in [1.165, 1.54) is 122 Å². The minimum Gasteiger partial charge on any atom is -0.462 e. The lowest BCUT2D eigenvalue weighted by Crippen LogP contribution is -2.30. The number of ether oxygens (including phenoxy) is 3. The van der Waals surface area contributed by atoms with Gasteiger partial charge in [0.2, 0.25) is 0 Å². The van der Waals surface area contributed by atoms with Gasteiger partial charge in [0.05, 0.1) is 0 Å². The zero-order valence-corrected chi connectivity index (χ0v) is 41.6. The lowest BCUT2D eigenvalue weighted by atomic mass is 10.1. The van der Waals surface area contributed by atoms with Gasteiger partial charge in [-0.2, -0.15) is 0 Å². The van der Waals surface area contributed by atoms with Crippen molar-refractivity contribution < 1.29 is 28.6 Å². The van der Waals surface area contributed by atoms with Gasteiger partial charge in [0.15, 0.2) is 6.10 Å². The molecule has 0 aromatic heterocycles. The smallest absolute Gasteiger partial charge is 0.306 e. The number of carbonyl (C=O) groups is 3. The highest BCUT2D eigenvalue weighted by Gasteiger charge is 2.19. The van der Waals surface area contributed by atoms with Gasteiger partial charge in [-0.25, -0.2) is 0 Å². The molecule has 0 saturated heterocycles. The Kier molecular flexibility index (Phi) is 49.4. The van der Waals surface area contributed by atoms with Crippen molar-refractivity contribution in [2.75, 3.05) is 13.2 Å². The lowest BCUT2D eigenvalue weighted by Gasteiger charge is -2.18. The fourth-order valence-corrected chi connectivity index (χ4v) is 7.45. The van der Waals surface area contributed by atoms with E-state index in [9.17, 15) is 14.4 Å². The summed E-state index contributed by atoms with van der Waals surface area (Å²) >= 11 is 0. The molecule has 0 aliphatic rings. The summed E-state index contributed by atoms with van der Waals surface area (Å²) in [5.74, 6) is -0.906. The third-order valence-corrected chi connectivity index (χ3v) is 11.5. The van der Waals surface area contributed by atoms with E-state index >= 15 is 0 Å². The predicted octanol–water partition coefficient (Wildman–Crippen LogP) is 17.6. The van der Waals surface area contributed by atoms with Gasteiger partial charge < -0.3 is 14.2 Å². The molecular weight excluding hydrogens is 781 g/mol. The first-order valence-corrected chi connectivity index (χ1v) is 26.8. The Morgan fingerprint density at radius 2 is 0.619 bits per heavy atom. The van der Waals surface area contributed by atoms with Crippen LogP contribution >= 0.6 is 0 Å². The minimum atomic E-state index is -0.785. The summed E-state index contributed by atoms with van der Waals surface area (Å²) in [5.41, 5.74) is 0. The van der Waals surface area contributed by atoms with Crippen molar-refractivity contribution in [1.82, 2.24) is 0 Å². The Morgan fingerprint density at radius 3 is 1.02 bits per heavy atom. The van der Waals surface area contributed by atoms with Crippen LogP contribution in [0.5, 0.6) is 0 Å². The first-order chi connectivity index (χ1) is 31.0. The van der Waals surface area contributed by atoms with Crippen molar-refractivity contribution in [3.63, 3.8) is 0 Å². The highest BCUT2D eigenvalue weighted by Crippen LogP contribution is 2.14. The van der Waals surface area contributed by atoms with Crippen LogP contribution in [0.1, 0.15) is 265 Å². The summed E-state index contributed by atoms with van der Waals surface area (Å²) < 4.78 is 16.8. The van der Waals surface area contributed by atoms with Crippen molar-refractivity contribution in [3.05, 3.63) is 60.8 Å². The molecule has 364 valence electrons. The van der Waals surface area contributed by atoms with Gasteiger partial charge in [-0.15, -0.1) is 0 Å². The maximum absolute atomic E-state index is 12.8. The van der Waals surface area contributed by atoms with E-state index < -0.39 is 6.10 Å². The molecule has 0 N–H and O–H groups in total. The largest absolute Gasteiger partial charge is 0.462 e. The quantitative estimate of drug-likeness (QED) is 0.0262. The standard InChI is InChI=1S/C57H100O6/c1-4-7-10-13-16-19-22-25-27-29-31-32-35-38-41-44-47-50-56(59)62-53-54(52-61-55(58)49-46-43-40-37-34-24-21-18-15-12-9-6-3)63-57(60)51-48-45-42-39-36-33-30-28-26-23-20-17-14-11-8-5-2/h7,10,16,18-19,21,25,27-28,30,54H,4-6,8-9,11-15,17,20,22-24,26,29,31-53H2,1-3H3/b10-7-,19-16-,21-18-,27-25-,30-28-. The first kappa shape index (κ1) is 60.1. The van der Waals surface area contributed by atoms with Gasteiger partial charge in [-0.05, 0) is 103 Å². The fraction of sp³-hybridized carbons (Fsp3) is 0.772. The molecule has 63 heavy (non-hydrogen) atoms. The number of esters is 3. The van der Waals surface area contributed by atoms with E-state index in [-0.39, 0.29) is 31.1 Å². The third kappa shape index (κ3) is 50.0. The number of unbranched alkanes of at least 4 members (excludes halogenated alkanes) is 27. The maximum atomic E-state index is 12.8. The second-order valence-electron chi connectivity index (χ2n) is 17.7. The number of allylic oxidation sites excluding steroid dienone is 10. The van der Waals surface area contributed by atoms with E-state index in [1.807, 2.05) is 0 Å². The average molecular weight is 881 g/mol. The van der Waals surface area contributed by atoms with Crippen LogP contribution in [0.2, 0.25) is 0 Å². The highest BCUT2D eigenvalue weighted by atomic mass is 16.6. The molecule has 0 fully saturated rings. The van der Waals surface area contributed by atoms with Crippen LogP contribution in [0.4, 0.5) is 0 Å². The second-order valence-corrected chi connectivity index (χ2v) is 17.7. The molecule has 0 bridgehead atoms. The maximum Gasteiger partial charge on any atom is 0.306 e. The molecule has 0 aromatic rings. The van der Waals surface area contributed by atoms with E-state index in [1.54, 1.807) is 0 Å². The lowest BCUT2D eigenvalue weighted by molar-refractivity contribution is -0.167. The molecule has 0 saturated carbocycles.